The highest BCUT2D eigenvalue weighted by Gasteiger charge is 2.58. The number of carboxylic acid groups (broad SMARTS) is 1. The number of hydrogen-bond acceptors (Lipinski definition) is 6. The number of carbonyl (C=O) groups is 3. The van der Waals surface area contributed by atoms with Crippen LogP contribution in [0.5, 0.6) is 0 Å². The van der Waals surface area contributed by atoms with E-state index in [2.05, 4.69) is 0 Å². The lowest BCUT2D eigenvalue weighted by molar-refractivity contribution is -0.385. The molecule has 11 heteroatoms. The molecule has 0 bridgehead atoms. The number of Topliss-reactive ketones (excluding diaryl/α,β-unsaturated/α-hetero) is 1. The van der Waals surface area contributed by atoms with E-state index < -0.39 is 52.3 Å². The van der Waals surface area contributed by atoms with E-state index in [4.69, 9.17) is 11.6 Å². The van der Waals surface area contributed by atoms with Crippen LogP contribution in [0.2, 0.25) is 5.02 Å². The number of ketones is 1. The summed E-state index contributed by atoms with van der Waals surface area (Å²) in [5.41, 5.74) is -0.0261. The number of nitrogens with zero attached hydrogens (tertiary/aromatic N) is 2. The van der Waals surface area contributed by atoms with Crippen LogP contribution in [0.1, 0.15) is 43.1 Å². The van der Waals surface area contributed by atoms with Crippen LogP contribution in [0.25, 0.3) is 0 Å². The van der Waals surface area contributed by atoms with Gasteiger partial charge in [-0.05, 0) is 47.3 Å². The average Bonchev–Trinajstić information content (AvgIpc) is 3.58. The molecule has 0 radical (unpaired) electrons. The van der Waals surface area contributed by atoms with E-state index in [1.165, 1.54) is 59.9 Å². The largest absolute Gasteiger partial charge is 0.480 e. The van der Waals surface area contributed by atoms with Gasteiger partial charge in [0.05, 0.1) is 16.9 Å². The highest BCUT2D eigenvalue weighted by molar-refractivity contribution is 7.10. The summed E-state index contributed by atoms with van der Waals surface area (Å²) in [5, 5.41) is 24.2. The minimum absolute atomic E-state index is 0.123. The van der Waals surface area contributed by atoms with E-state index in [0.717, 1.165) is 17.0 Å². The monoisotopic (exact) mass is 578 g/mol. The maximum absolute atomic E-state index is 14.3. The first-order valence-electron chi connectivity index (χ1n) is 12.1. The molecule has 8 nitrogen and oxygen atoms in total. The number of rotatable bonds is 7. The van der Waals surface area contributed by atoms with Gasteiger partial charge in [-0.25, -0.2) is 9.18 Å². The van der Waals surface area contributed by atoms with Crippen molar-refractivity contribution in [2.24, 2.45) is 5.92 Å². The molecule has 4 atom stereocenters. The molecule has 1 N–H and O–H groups in total. The molecule has 1 saturated heterocycles. The maximum Gasteiger partial charge on any atom is 0.327 e. The van der Waals surface area contributed by atoms with Gasteiger partial charge in [-0.15, -0.1) is 11.3 Å². The summed E-state index contributed by atoms with van der Waals surface area (Å²) in [6.07, 6.45) is 0. The van der Waals surface area contributed by atoms with Gasteiger partial charge in [-0.3, -0.25) is 19.7 Å². The Morgan fingerprint density at radius 3 is 2.33 bits per heavy atom. The summed E-state index contributed by atoms with van der Waals surface area (Å²) in [6.45, 7) is 0. The molecule has 1 aliphatic rings. The predicted molar refractivity (Wildman–Crippen MR) is 146 cm³/mol. The molecule has 1 fully saturated rings. The van der Waals surface area contributed by atoms with E-state index in [9.17, 15) is 34.0 Å². The average molecular weight is 579 g/mol. The fourth-order valence-electron chi connectivity index (χ4n) is 5.35. The van der Waals surface area contributed by atoms with Crippen LogP contribution in [-0.4, -0.2) is 38.6 Å². The first kappa shape index (κ1) is 27.2. The zero-order chi connectivity index (χ0) is 28.6. The minimum atomic E-state index is -1.55. The van der Waals surface area contributed by atoms with Gasteiger partial charge in [0.1, 0.15) is 11.9 Å². The van der Waals surface area contributed by atoms with Crippen LogP contribution < -0.4 is 0 Å². The first-order valence-corrected chi connectivity index (χ1v) is 13.3. The lowest BCUT2D eigenvalue weighted by Crippen LogP contribution is -2.43. The summed E-state index contributed by atoms with van der Waals surface area (Å²) in [4.78, 5) is 53.8. The van der Waals surface area contributed by atoms with Crippen LogP contribution in [0.15, 0.2) is 90.3 Å². The normalized spacial score (nSPS) is 20.3. The lowest BCUT2D eigenvalue weighted by atomic mass is 9.78. The van der Waals surface area contributed by atoms with Gasteiger partial charge in [0, 0.05) is 39.1 Å². The number of amides is 1. The SMILES string of the molecule is O=C(c1cccc(Cl)c1)C1C(c2cccs2)C(C(=O)O)N(C(=O)c2cccc(F)c2)C1c1cccc([N+](=O)[O-])c1. The number of halogens is 2. The standard InChI is InChI=1S/C29H20ClFN2O6S/c30-19-8-1-6-17(13-19)27(34)24-23(22-11-4-12-40-22)26(29(36)37)32(28(35)18-7-2-9-20(31)14-18)25(24)16-5-3-10-21(15-16)33(38)39/h1-15,23-26H,(H,36,37). The Hall–Kier alpha value is -4.41. The molecule has 0 aliphatic carbocycles. The van der Waals surface area contributed by atoms with Crippen molar-refractivity contribution in [2.45, 2.75) is 18.0 Å². The molecule has 40 heavy (non-hydrogen) atoms. The summed E-state index contributed by atoms with van der Waals surface area (Å²) < 4.78 is 14.2. The molecule has 202 valence electrons. The summed E-state index contributed by atoms with van der Waals surface area (Å²) in [5.74, 6) is -5.59. The number of aliphatic carboxylic acids is 1. The van der Waals surface area contributed by atoms with E-state index >= 15 is 0 Å². The zero-order valence-corrected chi connectivity index (χ0v) is 22.1. The van der Waals surface area contributed by atoms with Gasteiger partial charge < -0.3 is 10.0 Å². The molecule has 1 aliphatic heterocycles. The van der Waals surface area contributed by atoms with E-state index in [1.54, 1.807) is 29.6 Å². The molecule has 3 aromatic carbocycles. The molecule has 0 saturated carbocycles. The number of thiophene rings is 1. The Balaban J connectivity index is 1.79. The zero-order valence-electron chi connectivity index (χ0n) is 20.5. The molecular formula is C29H20ClFN2O6S. The molecule has 2 heterocycles. The van der Waals surface area contributed by atoms with Crippen LogP contribution in [0.4, 0.5) is 10.1 Å². The minimum Gasteiger partial charge on any atom is -0.480 e. The Kier molecular flexibility index (Phi) is 7.46. The van der Waals surface area contributed by atoms with E-state index in [0.29, 0.717) is 4.88 Å². The van der Waals surface area contributed by atoms with Crippen molar-refractivity contribution in [2.75, 3.05) is 0 Å². The van der Waals surface area contributed by atoms with Crippen LogP contribution in [0, 0.1) is 21.8 Å². The Morgan fingerprint density at radius 2 is 1.68 bits per heavy atom. The Morgan fingerprint density at radius 1 is 0.950 bits per heavy atom. The number of nitro benzene ring substituents is 1. The van der Waals surface area contributed by atoms with Gasteiger partial charge in [-0.1, -0.05) is 48.0 Å². The third-order valence-electron chi connectivity index (χ3n) is 6.93. The third kappa shape index (κ3) is 4.99. The van der Waals surface area contributed by atoms with Gasteiger partial charge >= 0.3 is 5.97 Å². The van der Waals surface area contributed by atoms with Gasteiger partial charge in [0.2, 0.25) is 0 Å². The quantitative estimate of drug-likeness (QED) is 0.154. The van der Waals surface area contributed by atoms with Crippen molar-refractivity contribution in [3.63, 3.8) is 0 Å². The second kappa shape index (κ2) is 11.0. The fourth-order valence-corrected chi connectivity index (χ4v) is 6.45. The van der Waals surface area contributed by atoms with E-state index in [1.807, 2.05) is 0 Å². The molecule has 1 aromatic heterocycles. The summed E-state index contributed by atoms with van der Waals surface area (Å²) >= 11 is 7.40. The van der Waals surface area contributed by atoms with Crippen molar-refractivity contribution >= 4 is 46.3 Å². The number of hydrogen-bond donors (Lipinski definition) is 1. The first-order chi connectivity index (χ1) is 19.2. The van der Waals surface area contributed by atoms with Crippen molar-refractivity contribution in [1.29, 1.82) is 0 Å². The number of non-ortho nitro benzene ring substituents is 1. The second-order valence-corrected chi connectivity index (χ2v) is 10.7. The Bertz CT molecular complexity index is 1630. The molecule has 1 amide bonds. The van der Waals surface area contributed by atoms with Crippen molar-refractivity contribution in [3.8, 4) is 0 Å². The van der Waals surface area contributed by atoms with Crippen molar-refractivity contribution < 1.29 is 28.8 Å². The Labute approximate surface area is 236 Å². The number of likely N-dealkylation sites (tertiary alicyclic amines) is 1. The molecule has 4 aromatic rings. The number of carboxylic acids is 1. The van der Waals surface area contributed by atoms with Crippen LogP contribution in [-0.2, 0) is 4.79 Å². The van der Waals surface area contributed by atoms with Crippen molar-refractivity contribution in [3.05, 3.63) is 133 Å². The lowest BCUT2D eigenvalue weighted by Gasteiger charge is -2.30. The number of benzene rings is 3. The fraction of sp³-hybridized carbons (Fsp3) is 0.138. The summed E-state index contributed by atoms with van der Waals surface area (Å²) in [7, 11) is 0. The molecular weight excluding hydrogens is 559 g/mol. The maximum atomic E-state index is 14.3. The molecule has 4 unspecified atom stereocenters. The summed E-state index contributed by atoms with van der Waals surface area (Å²) in [6, 6.07) is 17.0. The second-order valence-electron chi connectivity index (χ2n) is 9.24. The van der Waals surface area contributed by atoms with E-state index in [-0.39, 0.29) is 27.4 Å². The highest BCUT2D eigenvalue weighted by atomic mass is 35.5. The smallest absolute Gasteiger partial charge is 0.327 e. The molecule has 5 rings (SSSR count). The van der Waals surface area contributed by atoms with Crippen LogP contribution >= 0.6 is 22.9 Å². The third-order valence-corrected chi connectivity index (χ3v) is 8.14. The topological polar surface area (TPSA) is 118 Å². The van der Waals surface area contributed by atoms with Crippen molar-refractivity contribution in [1.82, 2.24) is 4.90 Å². The predicted octanol–water partition coefficient (Wildman–Crippen LogP) is 6.38. The highest BCUT2D eigenvalue weighted by Crippen LogP contribution is 2.53. The van der Waals surface area contributed by atoms with Crippen LogP contribution in [0.3, 0.4) is 0 Å². The van der Waals surface area contributed by atoms with Gasteiger partial charge in [0.25, 0.3) is 11.6 Å². The van der Waals surface area contributed by atoms with Gasteiger partial charge in [0.15, 0.2) is 5.78 Å². The molecule has 0 spiro atoms. The number of nitro groups is 1. The number of carbonyl (C=O) groups excluding carboxylic acids is 2. The van der Waals surface area contributed by atoms with Gasteiger partial charge in [-0.2, -0.15) is 0 Å².